The molecule has 108 valence electrons. The average molecular weight is 373 g/mol. The van der Waals surface area contributed by atoms with Crippen molar-refractivity contribution in [3.05, 3.63) is 62.8 Å². The summed E-state index contributed by atoms with van der Waals surface area (Å²) in [6, 6.07) is 7.67. The Hall–Kier alpha value is -1.92. The summed E-state index contributed by atoms with van der Waals surface area (Å²) in [5, 5.41) is 11.6. The third kappa shape index (κ3) is 3.59. The van der Waals surface area contributed by atoms with Gasteiger partial charge in [0.05, 0.1) is 16.8 Å². The summed E-state index contributed by atoms with van der Waals surface area (Å²) in [5.41, 5.74) is -0.0804. The Labute approximate surface area is 132 Å². The first-order chi connectivity index (χ1) is 9.88. The number of anilines is 1. The van der Waals surface area contributed by atoms with Crippen LogP contribution in [0.5, 0.6) is 0 Å². The third-order valence-electron chi connectivity index (χ3n) is 2.64. The Bertz CT molecular complexity index is 736. The van der Waals surface area contributed by atoms with Gasteiger partial charge in [0.25, 0.3) is 5.91 Å². The van der Waals surface area contributed by atoms with Gasteiger partial charge in [0.15, 0.2) is 0 Å². The van der Waals surface area contributed by atoms with Gasteiger partial charge < -0.3 is 10.4 Å². The summed E-state index contributed by atoms with van der Waals surface area (Å²) < 4.78 is 14.1. The maximum atomic E-state index is 13.6. The number of carboxylic acids is 1. The van der Waals surface area contributed by atoms with E-state index in [2.05, 4.69) is 21.2 Å². The van der Waals surface area contributed by atoms with E-state index in [0.29, 0.717) is 9.50 Å². The molecule has 0 unspecified atom stereocenters. The molecule has 0 aliphatic carbocycles. The van der Waals surface area contributed by atoms with E-state index in [1.165, 1.54) is 18.2 Å². The molecular formula is C14H8BrClFNO3. The lowest BCUT2D eigenvalue weighted by Crippen LogP contribution is -2.14. The van der Waals surface area contributed by atoms with Crippen molar-refractivity contribution in [3.63, 3.8) is 0 Å². The van der Waals surface area contributed by atoms with Gasteiger partial charge >= 0.3 is 5.97 Å². The molecular weight excluding hydrogens is 365 g/mol. The molecule has 0 fully saturated rings. The summed E-state index contributed by atoms with van der Waals surface area (Å²) in [7, 11) is 0. The summed E-state index contributed by atoms with van der Waals surface area (Å²) >= 11 is 8.96. The summed E-state index contributed by atoms with van der Waals surface area (Å²) in [6.07, 6.45) is 0. The molecule has 0 atom stereocenters. The number of carbonyl (C=O) groups excluding carboxylic acids is 1. The fraction of sp³-hybridized carbons (Fsp3) is 0. The van der Waals surface area contributed by atoms with Crippen LogP contribution in [0.25, 0.3) is 0 Å². The molecule has 4 nitrogen and oxygen atoms in total. The van der Waals surface area contributed by atoms with Crippen LogP contribution in [0, 0.1) is 5.82 Å². The third-order valence-corrected chi connectivity index (χ3v) is 3.53. The predicted octanol–water partition coefficient (Wildman–Crippen LogP) is 4.19. The molecule has 2 rings (SSSR count). The van der Waals surface area contributed by atoms with Crippen molar-refractivity contribution < 1.29 is 19.1 Å². The minimum atomic E-state index is -1.21. The highest BCUT2D eigenvalue weighted by atomic mass is 79.9. The van der Waals surface area contributed by atoms with Gasteiger partial charge in [-0.25, -0.2) is 9.18 Å². The van der Waals surface area contributed by atoms with Gasteiger partial charge in [-0.05, 0) is 52.3 Å². The van der Waals surface area contributed by atoms with Gasteiger partial charge in [-0.15, -0.1) is 0 Å². The molecule has 0 saturated carbocycles. The van der Waals surface area contributed by atoms with Gasteiger partial charge in [0.1, 0.15) is 5.82 Å². The molecule has 0 aliphatic rings. The molecule has 0 aromatic heterocycles. The smallest absolute Gasteiger partial charge is 0.335 e. The van der Waals surface area contributed by atoms with Crippen LogP contribution in [0.1, 0.15) is 20.7 Å². The minimum Gasteiger partial charge on any atom is -0.478 e. The lowest BCUT2D eigenvalue weighted by Gasteiger charge is -2.09. The maximum Gasteiger partial charge on any atom is 0.335 e. The number of hydrogen-bond acceptors (Lipinski definition) is 2. The van der Waals surface area contributed by atoms with Crippen molar-refractivity contribution in [2.75, 3.05) is 5.32 Å². The van der Waals surface area contributed by atoms with Gasteiger partial charge in [-0.1, -0.05) is 11.6 Å². The van der Waals surface area contributed by atoms with Crippen LogP contribution in [-0.2, 0) is 0 Å². The quantitative estimate of drug-likeness (QED) is 0.849. The molecule has 0 bridgehead atoms. The molecule has 0 heterocycles. The first-order valence-electron chi connectivity index (χ1n) is 5.67. The molecule has 0 radical (unpaired) electrons. The number of aromatic carboxylic acids is 1. The molecule has 2 N–H and O–H groups in total. The Kier molecular flexibility index (Phi) is 4.59. The predicted molar refractivity (Wildman–Crippen MR) is 80.5 cm³/mol. The first kappa shape index (κ1) is 15.5. The van der Waals surface area contributed by atoms with Crippen molar-refractivity contribution in [3.8, 4) is 0 Å². The second kappa shape index (κ2) is 6.24. The molecule has 21 heavy (non-hydrogen) atoms. The zero-order valence-electron chi connectivity index (χ0n) is 10.4. The zero-order chi connectivity index (χ0) is 15.6. The van der Waals surface area contributed by atoms with E-state index in [4.69, 9.17) is 16.7 Å². The Morgan fingerprint density at radius 3 is 2.52 bits per heavy atom. The molecule has 2 aromatic rings. The molecule has 0 aliphatic heterocycles. The Balaban J connectivity index is 2.31. The van der Waals surface area contributed by atoms with Crippen molar-refractivity contribution in [2.24, 2.45) is 0 Å². The second-order valence-electron chi connectivity index (χ2n) is 4.08. The Morgan fingerprint density at radius 1 is 1.19 bits per heavy atom. The minimum absolute atomic E-state index is 0.123. The van der Waals surface area contributed by atoms with Crippen molar-refractivity contribution >= 4 is 45.1 Å². The number of hydrogen-bond donors (Lipinski definition) is 2. The number of halogens is 3. The number of carbonyl (C=O) groups is 2. The Morgan fingerprint density at radius 2 is 1.90 bits per heavy atom. The summed E-state index contributed by atoms with van der Waals surface area (Å²) in [5.74, 6) is -2.52. The highest BCUT2D eigenvalue weighted by Gasteiger charge is 2.14. The van der Waals surface area contributed by atoms with Crippen LogP contribution in [-0.4, -0.2) is 17.0 Å². The van der Waals surface area contributed by atoms with E-state index in [0.717, 1.165) is 18.2 Å². The van der Waals surface area contributed by atoms with Crippen molar-refractivity contribution in [1.29, 1.82) is 0 Å². The molecule has 2 aromatic carbocycles. The van der Waals surface area contributed by atoms with Crippen LogP contribution in [0.3, 0.4) is 0 Å². The number of rotatable bonds is 3. The first-order valence-corrected chi connectivity index (χ1v) is 6.85. The van der Waals surface area contributed by atoms with Crippen molar-refractivity contribution in [1.82, 2.24) is 0 Å². The van der Waals surface area contributed by atoms with E-state index in [1.54, 1.807) is 0 Å². The molecule has 0 spiro atoms. The van der Waals surface area contributed by atoms with Crippen LogP contribution in [0.4, 0.5) is 10.1 Å². The average Bonchev–Trinajstić information content (AvgIpc) is 2.40. The van der Waals surface area contributed by atoms with Crippen LogP contribution >= 0.6 is 27.5 Å². The lowest BCUT2D eigenvalue weighted by atomic mass is 10.1. The van der Waals surface area contributed by atoms with Gasteiger partial charge in [0, 0.05) is 9.50 Å². The van der Waals surface area contributed by atoms with Gasteiger partial charge in [0.2, 0.25) is 0 Å². The highest BCUT2D eigenvalue weighted by molar-refractivity contribution is 9.10. The lowest BCUT2D eigenvalue weighted by molar-refractivity contribution is 0.0696. The van der Waals surface area contributed by atoms with E-state index < -0.39 is 17.7 Å². The van der Waals surface area contributed by atoms with Crippen LogP contribution in [0.15, 0.2) is 40.9 Å². The van der Waals surface area contributed by atoms with Crippen LogP contribution < -0.4 is 5.32 Å². The van der Waals surface area contributed by atoms with Gasteiger partial charge in [-0.2, -0.15) is 0 Å². The fourth-order valence-electron chi connectivity index (χ4n) is 1.62. The number of amides is 1. The number of nitrogens with one attached hydrogen (secondary N) is 1. The SMILES string of the molecule is O=C(O)c1ccc(F)c(NC(=O)c2ccc(Cl)cc2Br)c1. The highest BCUT2D eigenvalue weighted by Crippen LogP contribution is 2.23. The maximum absolute atomic E-state index is 13.6. The standard InChI is InChI=1S/C14H8BrClFNO3/c15-10-6-8(16)2-3-9(10)13(19)18-12-5-7(14(20)21)1-4-11(12)17/h1-6H,(H,18,19)(H,20,21). The van der Waals surface area contributed by atoms with E-state index in [9.17, 15) is 14.0 Å². The normalized spacial score (nSPS) is 10.2. The fourth-order valence-corrected chi connectivity index (χ4v) is 2.48. The monoisotopic (exact) mass is 371 g/mol. The summed E-state index contributed by atoms with van der Waals surface area (Å²) in [4.78, 5) is 22.9. The van der Waals surface area contributed by atoms with E-state index >= 15 is 0 Å². The van der Waals surface area contributed by atoms with Crippen molar-refractivity contribution in [2.45, 2.75) is 0 Å². The molecule has 0 saturated heterocycles. The molecule has 7 heteroatoms. The summed E-state index contributed by atoms with van der Waals surface area (Å²) in [6.45, 7) is 0. The topological polar surface area (TPSA) is 66.4 Å². The number of carboxylic acid groups (broad SMARTS) is 1. The van der Waals surface area contributed by atoms with Gasteiger partial charge in [-0.3, -0.25) is 4.79 Å². The van der Waals surface area contributed by atoms with E-state index in [-0.39, 0.29) is 16.8 Å². The largest absolute Gasteiger partial charge is 0.478 e. The second-order valence-corrected chi connectivity index (χ2v) is 5.37. The number of benzene rings is 2. The van der Waals surface area contributed by atoms with Crippen LogP contribution in [0.2, 0.25) is 5.02 Å². The zero-order valence-corrected chi connectivity index (χ0v) is 12.7. The molecule has 1 amide bonds. The van der Waals surface area contributed by atoms with E-state index in [1.807, 2.05) is 0 Å².